The number of nitrogens with zero attached hydrogens (tertiary/aromatic N) is 2. The molecule has 1 aromatic heterocycles. The first-order chi connectivity index (χ1) is 16.0. The third-order valence-electron chi connectivity index (χ3n) is 5.29. The number of carbonyl (C=O) groups excluding carboxylic acids is 2. The number of nitrogens with one attached hydrogen (secondary N) is 1. The Hall–Kier alpha value is -3.34. The van der Waals surface area contributed by atoms with Crippen molar-refractivity contribution in [3.63, 3.8) is 0 Å². The van der Waals surface area contributed by atoms with Crippen LogP contribution in [0, 0.1) is 18.7 Å². The third-order valence-corrected chi connectivity index (χ3v) is 5.29. The van der Waals surface area contributed by atoms with Crippen molar-refractivity contribution in [2.45, 2.75) is 25.9 Å². The number of benzene rings is 1. The molecule has 0 bridgehead atoms. The minimum atomic E-state index is -5.08. The van der Waals surface area contributed by atoms with Crippen LogP contribution in [0.1, 0.15) is 39.3 Å². The second-order valence-electron chi connectivity index (χ2n) is 7.80. The summed E-state index contributed by atoms with van der Waals surface area (Å²) in [5.41, 5.74) is 1.88. The average molecular weight is 483 g/mol. The number of carboxylic acids is 1. The van der Waals surface area contributed by atoms with E-state index in [-0.39, 0.29) is 17.5 Å². The fourth-order valence-electron chi connectivity index (χ4n) is 3.34. The van der Waals surface area contributed by atoms with Crippen LogP contribution in [-0.4, -0.2) is 65.0 Å². The lowest BCUT2D eigenvalue weighted by Crippen LogP contribution is -2.40. The topological polar surface area (TPSA) is 99.6 Å². The van der Waals surface area contributed by atoms with Crippen LogP contribution in [0.5, 0.6) is 0 Å². The Morgan fingerprint density at radius 1 is 1.12 bits per heavy atom. The van der Waals surface area contributed by atoms with E-state index in [1.807, 2.05) is 6.92 Å². The fraction of sp³-hybridized carbons (Fsp3) is 0.391. The van der Waals surface area contributed by atoms with Gasteiger partial charge >= 0.3 is 12.1 Å². The molecular weight excluding hydrogens is 458 g/mol. The maximum Gasteiger partial charge on any atom is 0.490 e. The summed E-state index contributed by atoms with van der Waals surface area (Å²) in [6.07, 6.45) is -1.54. The maximum atomic E-state index is 13.0. The van der Waals surface area contributed by atoms with Gasteiger partial charge in [0.25, 0.3) is 5.91 Å². The number of alkyl halides is 3. The zero-order valence-electron chi connectivity index (χ0n) is 18.4. The molecule has 0 atom stereocenters. The number of carboxylic acid groups (broad SMARTS) is 1. The van der Waals surface area contributed by atoms with E-state index in [0.29, 0.717) is 30.1 Å². The molecule has 34 heavy (non-hydrogen) atoms. The molecule has 2 N–H and O–H groups in total. The molecular formula is C23H25F4N3O4. The summed E-state index contributed by atoms with van der Waals surface area (Å²) >= 11 is 0. The summed E-state index contributed by atoms with van der Waals surface area (Å²) in [6, 6.07) is 9.22. The highest BCUT2D eigenvalue weighted by Crippen LogP contribution is 2.17. The Bertz CT molecular complexity index is 988. The van der Waals surface area contributed by atoms with Crippen molar-refractivity contribution < 1.29 is 37.1 Å². The highest BCUT2D eigenvalue weighted by molar-refractivity contribution is 5.97. The van der Waals surface area contributed by atoms with E-state index in [2.05, 4.69) is 15.2 Å². The fourth-order valence-corrected chi connectivity index (χ4v) is 3.34. The Morgan fingerprint density at radius 2 is 1.71 bits per heavy atom. The molecule has 0 aliphatic carbocycles. The van der Waals surface area contributed by atoms with Gasteiger partial charge in [-0.15, -0.1) is 0 Å². The molecule has 7 nitrogen and oxygen atoms in total. The van der Waals surface area contributed by atoms with Crippen LogP contribution in [0.3, 0.4) is 0 Å². The Labute approximate surface area is 193 Å². The van der Waals surface area contributed by atoms with Crippen molar-refractivity contribution in [1.82, 2.24) is 15.2 Å². The summed E-state index contributed by atoms with van der Waals surface area (Å²) in [5.74, 6) is -2.77. The van der Waals surface area contributed by atoms with Crippen LogP contribution in [0.2, 0.25) is 0 Å². The SMILES string of the molecule is Cc1ncccc1C(=O)NCC1CCN(CC(=O)c2ccc(F)cc2)CC1.O=C(O)C(F)(F)F. The number of Topliss-reactive ketones (excluding diaryl/α,β-unsaturated/α-hetero) is 1. The number of pyridine rings is 1. The Morgan fingerprint density at radius 3 is 2.24 bits per heavy atom. The number of aliphatic carboxylic acids is 1. The van der Waals surface area contributed by atoms with Gasteiger partial charge in [-0.2, -0.15) is 13.2 Å². The van der Waals surface area contributed by atoms with Crippen LogP contribution in [0.15, 0.2) is 42.6 Å². The van der Waals surface area contributed by atoms with E-state index in [0.717, 1.165) is 31.6 Å². The van der Waals surface area contributed by atoms with Crippen molar-refractivity contribution in [2.75, 3.05) is 26.2 Å². The number of hydrogen-bond acceptors (Lipinski definition) is 5. The molecule has 1 amide bonds. The third kappa shape index (κ3) is 8.54. The number of rotatable bonds is 6. The molecule has 0 spiro atoms. The predicted molar refractivity (Wildman–Crippen MR) is 115 cm³/mol. The molecule has 0 unspecified atom stereocenters. The number of hydrogen-bond donors (Lipinski definition) is 2. The van der Waals surface area contributed by atoms with Crippen LogP contribution in [0.25, 0.3) is 0 Å². The van der Waals surface area contributed by atoms with Crippen LogP contribution >= 0.6 is 0 Å². The quantitative estimate of drug-likeness (QED) is 0.482. The van der Waals surface area contributed by atoms with Gasteiger partial charge in [-0.3, -0.25) is 19.5 Å². The van der Waals surface area contributed by atoms with Gasteiger partial charge in [-0.1, -0.05) is 0 Å². The van der Waals surface area contributed by atoms with E-state index in [1.165, 1.54) is 24.3 Å². The summed E-state index contributed by atoms with van der Waals surface area (Å²) in [5, 5.41) is 10.1. The van der Waals surface area contributed by atoms with Crippen molar-refractivity contribution in [2.24, 2.45) is 5.92 Å². The predicted octanol–water partition coefficient (Wildman–Crippen LogP) is 3.49. The molecule has 1 aliphatic rings. The number of aryl methyl sites for hydroxylation is 1. The second-order valence-corrected chi connectivity index (χ2v) is 7.80. The average Bonchev–Trinajstić information content (AvgIpc) is 2.79. The molecule has 0 saturated carbocycles. The van der Waals surface area contributed by atoms with Gasteiger partial charge in [0.15, 0.2) is 5.78 Å². The zero-order chi connectivity index (χ0) is 25.3. The highest BCUT2D eigenvalue weighted by Gasteiger charge is 2.38. The summed E-state index contributed by atoms with van der Waals surface area (Å²) < 4.78 is 44.7. The van der Waals surface area contributed by atoms with Gasteiger partial charge in [-0.05, 0) is 75.2 Å². The van der Waals surface area contributed by atoms with Crippen molar-refractivity contribution in [1.29, 1.82) is 0 Å². The molecule has 1 fully saturated rings. The van der Waals surface area contributed by atoms with Gasteiger partial charge in [-0.25, -0.2) is 9.18 Å². The molecule has 2 aromatic rings. The van der Waals surface area contributed by atoms with Crippen molar-refractivity contribution in [3.05, 3.63) is 65.2 Å². The van der Waals surface area contributed by atoms with E-state index in [4.69, 9.17) is 9.90 Å². The van der Waals surface area contributed by atoms with Crippen LogP contribution < -0.4 is 5.32 Å². The van der Waals surface area contributed by atoms with Gasteiger partial charge < -0.3 is 10.4 Å². The number of aromatic nitrogens is 1. The smallest absolute Gasteiger partial charge is 0.475 e. The Balaban J connectivity index is 0.000000509. The maximum absolute atomic E-state index is 13.0. The molecule has 2 heterocycles. The Kier molecular flexibility index (Phi) is 9.67. The first-order valence-electron chi connectivity index (χ1n) is 10.5. The van der Waals surface area contributed by atoms with Crippen LogP contribution in [-0.2, 0) is 4.79 Å². The van der Waals surface area contributed by atoms with Gasteiger partial charge in [0.1, 0.15) is 5.82 Å². The number of likely N-dealkylation sites (tertiary alicyclic amines) is 1. The molecule has 1 aromatic carbocycles. The number of ketones is 1. The normalized spacial score (nSPS) is 14.6. The first kappa shape index (κ1) is 26.9. The molecule has 1 aliphatic heterocycles. The molecule has 3 rings (SSSR count). The van der Waals surface area contributed by atoms with E-state index >= 15 is 0 Å². The molecule has 0 radical (unpaired) electrons. The van der Waals surface area contributed by atoms with Crippen molar-refractivity contribution in [3.8, 4) is 0 Å². The molecule has 1 saturated heterocycles. The van der Waals surface area contributed by atoms with Gasteiger partial charge in [0, 0.05) is 24.0 Å². The van der Waals surface area contributed by atoms with Gasteiger partial charge in [0.2, 0.25) is 0 Å². The highest BCUT2D eigenvalue weighted by atomic mass is 19.4. The second kappa shape index (κ2) is 12.2. The lowest BCUT2D eigenvalue weighted by Gasteiger charge is -2.31. The number of halogens is 4. The standard InChI is InChI=1S/C21H24FN3O2.C2HF3O2/c1-15-19(3-2-10-23-15)21(27)24-13-16-8-11-25(12-9-16)14-20(26)17-4-6-18(22)7-5-17;3-2(4,5)1(6)7/h2-7,10,16H,8-9,11-14H2,1H3,(H,24,27);(H,6,7). The van der Waals surface area contributed by atoms with Crippen molar-refractivity contribution >= 4 is 17.7 Å². The lowest BCUT2D eigenvalue weighted by atomic mass is 9.96. The number of carbonyl (C=O) groups is 3. The summed E-state index contributed by atoms with van der Waals surface area (Å²) in [6.45, 7) is 4.44. The van der Waals surface area contributed by atoms with E-state index < -0.39 is 12.1 Å². The zero-order valence-corrected chi connectivity index (χ0v) is 18.4. The summed E-state index contributed by atoms with van der Waals surface area (Å²) in [4.78, 5) is 39.7. The minimum absolute atomic E-state index is 0.00815. The molecule has 11 heteroatoms. The van der Waals surface area contributed by atoms with Gasteiger partial charge in [0.05, 0.1) is 12.1 Å². The largest absolute Gasteiger partial charge is 0.490 e. The first-order valence-corrected chi connectivity index (χ1v) is 10.5. The van der Waals surface area contributed by atoms with E-state index in [9.17, 15) is 27.2 Å². The van der Waals surface area contributed by atoms with Crippen LogP contribution in [0.4, 0.5) is 17.6 Å². The molecule has 184 valence electrons. The lowest BCUT2D eigenvalue weighted by molar-refractivity contribution is -0.192. The van der Waals surface area contributed by atoms with E-state index in [1.54, 1.807) is 18.3 Å². The minimum Gasteiger partial charge on any atom is -0.475 e. The monoisotopic (exact) mass is 483 g/mol. The number of piperidine rings is 1. The number of amides is 1. The summed E-state index contributed by atoms with van der Waals surface area (Å²) in [7, 11) is 0.